The molecular formula is C32H31ClN6O2S. The molecule has 3 aromatic heterocycles. The molecule has 1 aromatic carbocycles. The molecule has 5 rings (SSSR count). The number of thiophene rings is 1. The molecule has 0 radical (unpaired) electrons. The van der Waals surface area contributed by atoms with Crippen molar-refractivity contribution in [1.82, 2.24) is 20.1 Å². The van der Waals surface area contributed by atoms with Gasteiger partial charge in [0.05, 0.1) is 18.7 Å². The second kappa shape index (κ2) is 13.2. The Morgan fingerprint density at radius 3 is 2.55 bits per heavy atom. The molecule has 1 aliphatic heterocycles. The first-order valence-corrected chi connectivity index (χ1v) is 15.0. The molecule has 0 fully saturated rings. The number of amides is 1. The van der Waals surface area contributed by atoms with E-state index in [0.717, 1.165) is 52.5 Å². The predicted molar refractivity (Wildman–Crippen MR) is 166 cm³/mol. The molecule has 8 nitrogen and oxygen atoms in total. The fourth-order valence-corrected chi connectivity index (χ4v) is 5.97. The maximum atomic E-state index is 13.1. The van der Waals surface area contributed by atoms with Crippen molar-refractivity contribution in [2.75, 3.05) is 13.1 Å². The van der Waals surface area contributed by atoms with Gasteiger partial charge in [0.15, 0.2) is 17.3 Å². The van der Waals surface area contributed by atoms with Crippen molar-refractivity contribution in [1.29, 1.82) is 0 Å². The van der Waals surface area contributed by atoms with Crippen LogP contribution in [0.4, 0.5) is 0 Å². The molecule has 0 saturated heterocycles. The Balaban J connectivity index is 1.33. The van der Waals surface area contributed by atoms with Gasteiger partial charge in [-0.15, -0.1) is 21.5 Å². The Hall–Kier alpha value is -4.15. The number of halogens is 1. The smallest absolute Gasteiger partial charge is 0.223 e. The maximum Gasteiger partial charge on any atom is 0.223 e. The number of nitrogens with two attached hydrogens (primary N) is 1. The SMILES string of the molecule is Cc1sc2c(c1C)C(c1ccc(Cl)cc1)=N[C@@H](CC(=O)NCC#Cc1ccc(C#CCCCCN)o1)c1nnc(C)n1-2. The van der Waals surface area contributed by atoms with Gasteiger partial charge in [0.25, 0.3) is 0 Å². The molecule has 1 atom stereocenters. The van der Waals surface area contributed by atoms with Gasteiger partial charge in [-0.2, -0.15) is 0 Å². The predicted octanol–water partition coefficient (Wildman–Crippen LogP) is 5.43. The number of nitrogens with one attached hydrogen (secondary N) is 1. The summed E-state index contributed by atoms with van der Waals surface area (Å²) in [5.41, 5.74) is 9.40. The van der Waals surface area contributed by atoms with Gasteiger partial charge in [-0.05, 0) is 81.8 Å². The molecule has 42 heavy (non-hydrogen) atoms. The maximum absolute atomic E-state index is 13.1. The number of aryl methyl sites for hydroxylation is 2. The third-order valence-electron chi connectivity index (χ3n) is 6.89. The number of aliphatic imine (C=N–C) groups is 1. The number of benzene rings is 1. The summed E-state index contributed by atoms with van der Waals surface area (Å²) in [4.78, 5) is 19.4. The topological polar surface area (TPSA) is 111 Å². The minimum absolute atomic E-state index is 0.0918. The zero-order valence-corrected chi connectivity index (χ0v) is 25.3. The molecular weight excluding hydrogens is 568 g/mol. The number of unbranched alkanes of at least 4 members (excludes halogenated alkanes) is 2. The molecule has 0 unspecified atom stereocenters. The van der Waals surface area contributed by atoms with Crippen LogP contribution in [0.2, 0.25) is 5.02 Å². The summed E-state index contributed by atoms with van der Waals surface area (Å²) >= 11 is 7.86. The summed E-state index contributed by atoms with van der Waals surface area (Å²) in [6, 6.07) is 10.6. The normalized spacial score (nSPS) is 13.5. The number of carbonyl (C=O) groups excluding carboxylic acids is 1. The third kappa shape index (κ3) is 6.50. The van der Waals surface area contributed by atoms with E-state index in [9.17, 15) is 4.79 Å². The van der Waals surface area contributed by atoms with Gasteiger partial charge in [0.1, 0.15) is 16.9 Å². The number of rotatable bonds is 7. The van der Waals surface area contributed by atoms with Crippen molar-refractivity contribution in [3.63, 3.8) is 0 Å². The van der Waals surface area contributed by atoms with Crippen LogP contribution in [0.25, 0.3) is 5.00 Å². The molecule has 0 aliphatic carbocycles. The Morgan fingerprint density at radius 2 is 1.81 bits per heavy atom. The minimum Gasteiger partial charge on any atom is -0.439 e. The van der Waals surface area contributed by atoms with Crippen molar-refractivity contribution in [3.05, 3.63) is 86.2 Å². The first kappa shape index (κ1) is 29.3. The van der Waals surface area contributed by atoms with E-state index in [1.54, 1.807) is 23.5 Å². The van der Waals surface area contributed by atoms with E-state index >= 15 is 0 Å². The van der Waals surface area contributed by atoms with E-state index in [2.05, 4.69) is 53.0 Å². The highest BCUT2D eigenvalue weighted by Crippen LogP contribution is 2.39. The number of nitrogens with zero attached hydrogens (tertiary/aromatic N) is 4. The summed E-state index contributed by atoms with van der Waals surface area (Å²) in [6.07, 6.45) is 2.80. The second-order valence-electron chi connectivity index (χ2n) is 9.90. The van der Waals surface area contributed by atoms with Gasteiger partial charge in [0.2, 0.25) is 5.91 Å². The standard InChI is InChI=1S/C32H31ClN6O2S/c1-20-21(2)42-32-29(20)30(23-11-13-24(33)14-12-23)36-27(31-38-37-22(3)39(31)32)19-28(40)35-18-8-10-26-16-15-25(41-26)9-6-4-5-7-17-34/h11-16,27H,4-5,7,17-19,34H2,1-3H3,(H,35,40)/t27-/m0/s1. The van der Waals surface area contributed by atoms with Gasteiger partial charge in [-0.25, -0.2) is 0 Å². The molecule has 3 N–H and O–H groups in total. The van der Waals surface area contributed by atoms with Crippen LogP contribution in [0.5, 0.6) is 0 Å². The van der Waals surface area contributed by atoms with Crippen molar-refractivity contribution in [2.24, 2.45) is 10.7 Å². The molecule has 1 aliphatic rings. The summed E-state index contributed by atoms with van der Waals surface area (Å²) in [5.74, 6) is 14.2. The summed E-state index contributed by atoms with van der Waals surface area (Å²) in [5, 5.41) is 13.3. The summed E-state index contributed by atoms with van der Waals surface area (Å²) in [7, 11) is 0. The number of carbonyl (C=O) groups is 1. The Labute approximate surface area is 254 Å². The van der Waals surface area contributed by atoms with Crippen LogP contribution < -0.4 is 11.1 Å². The molecule has 10 heteroatoms. The van der Waals surface area contributed by atoms with Gasteiger partial charge >= 0.3 is 0 Å². The molecule has 214 valence electrons. The summed E-state index contributed by atoms with van der Waals surface area (Å²) in [6.45, 7) is 6.95. The van der Waals surface area contributed by atoms with Crippen LogP contribution in [-0.2, 0) is 4.79 Å². The first-order valence-electron chi connectivity index (χ1n) is 13.8. The van der Waals surface area contributed by atoms with E-state index in [1.165, 1.54) is 4.88 Å². The molecule has 4 aromatic rings. The van der Waals surface area contributed by atoms with E-state index in [0.29, 0.717) is 28.9 Å². The Morgan fingerprint density at radius 1 is 1.07 bits per heavy atom. The first-order chi connectivity index (χ1) is 20.4. The zero-order chi connectivity index (χ0) is 29.6. The van der Waals surface area contributed by atoms with Crippen LogP contribution in [0, 0.1) is 44.5 Å². The Kier molecular flexibility index (Phi) is 9.24. The fraction of sp³-hybridized carbons (Fsp3) is 0.312. The third-order valence-corrected chi connectivity index (χ3v) is 8.34. The van der Waals surface area contributed by atoms with Gasteiger partial charge in [-0.1, -0.05) is 35.6 Å². The fourth-order valence-electron chi connectivity index (χ4n) is 4.63. The van der Waals surface area contributed by atoms with E-state index in [1.807, 2.05) is 35.8 Å². The van der Waals surface area contributed by atoms with Gasteiger partial charge in [-0.3, -0.25) is 14.4 Å². The molecule has 0 saturated carbocycles. The second-order valence-corrected chi connectivity index (χ2v) is 11.5. The number of fused-ring (bicyclic) bond motifs is 3. The molecule has 0 bridgehead atoms. The lowest BCUT2D eigenvalue weighted by molar-refractivity contribution is -0.121. The van der Waals surface area contributed by atoms with Crippen molar-refractivity contribution < 1.29 is 9.21 Å². The number of furan rings is 1. The number of hydrogen-bond donors (Lipinski definition) is 2. The largest absolute Gasteiger partial charge is 0.439 e. The van der Waals surface area contributed by atoms with Gasteiger partial charge in [0, 0.05) is 27.4 Å². The number of aromatic nitrogens is 3. The highest BCUT2D eigenvalue weighted by molar-refractivity contribution is 7.15. The van der Waals surface area contributed by atoms with Gasteiger partial charge < -0.3 is 15.5 Å². The Bertz CT molecular complexity index is 1760. The average Bonchev–Trinajstić information content (AvgIpc) is 3.64. The van der Waals surface area contributed by atoms with Crippen LogP contribution in [0.1, 0.15) is 76.5 Å². The molecule has 4 heterocycles. The van der Waals surface area contributed by atoms with Crippen LogP contribution in [0.3, 0.4) is 0 Å². The minimum atomic E-state index is -0.541. The molecule has 1 amide bonds. The number of hydrogen-bond acceptors (Lipinski definition) is 7. The van der Waals surface area contributed by atoms with Crippen LogP contribution in [-0.4, -0.2) is 39.5 Å². The highest BCUT2D eigenvalue weighted by atomic mass is 35.5. The van der Waals surface area contributed by atoms with Crippen molar-refractivity contribution in [2.45, 2.75) is 52.5 Å². The van der Waals surface area contributed by atoms with Crippen molar-refractivity contribution in [3.8, 4) is 28.7 Å². The van der Waals surface area contributed by atoms with E-state index < -0.39 is 6.04 Å². The monoisotopic (exact) mass is 598 g/mol. The van der Waals surface area contributed by atoms with Crippen LogP contribution in [0.15, 0.2) is 45.8 Å². The molecule has 0 spiro atoms. The summed E-state index contributed by atoms with van der Waals surface area (Å²) < 4.78 is 7.68. The lowest BCUT2D eigenvalue weighted by Gasteiger charge is -2.12. The zero-order valence-electron chi connectivity index (χ0n) is 23.8. The lowest BCUT2D eigenvalue weighted by Crippen LogP contribution is -2.25. The average molecular weight is 599 g/mol. The van der Waals surface area contributed by atoms with Crippen LogP contribution >= 0.6 is 22.9 Å². The lowest BCUT2D eigenvalue weighted by atomic mass is 9.99. The van der Waals surface area contributed by atoms with E-state index in [-0.39, 0.29) is 18.9 Å². The van der Waals surface area contributed by atoms with Crippen molar-refractivity contribution >= 4 is 34.6 Å². The van der Waals surface area contributed by atoms with E-state index in [4.69, 9.17) is 26.7 Å². The quantitative estimate of drug-likeness (QED) is 0.218. The highest BCUT2D eigenvalue weighted by Gasteiger charge is 2.32.